The number of hydrogen-bond acceptors (Lipinski definition) is 5. The highest BCUT2D eigenvalue weighted by Crippen LogP contribution is 2.53. The predicted octanol–water partition coefficient (Wildman–Crippen LogP) is 3.69. The molecule has 0 saturated carbocycles. The van der Waals surface area contributed by atoms with E-state index < -0.39 is 17.7 Å². The van der Waals surface area contributed by atoms with Gasteiger partial charge in [0, 0.05) is 18.0 Å². The summed E-state index contributed by atoms with van der Waals surface area (Å²) in [4.78, 5) is 27.9. The van der Waals surface area contributed by atoms with Crippen LogP contribution in [0.5, 0.6) is 5.75 Å². The number of rotatable bonds is 4. The average molecular weight is 486 g/mol. The second-order valence-corrected chi connectivity index (χ2v) is 12.6. The molecule has 0 aliphatic carbocycles. The van der Waals surface area contributed by atoms with Gasteiger partial charge in [0.05, 0.1) is 24.3 Å². The number of amides is 2. The van der Waals surface area contributed by atoms with Gasteiger partial charge in [-0.05, 0) is 62.6 Å². The Balaban J connectivity index is 1.60. The average Bonchev–Trinajstić information content (AvgIpc) is 3.17. The number of fused-ring (bicyclic) bond motifs is 4. The Hall–Kier alpha value is -2.12. The van der Waals surface area contributed by atoms with Gasteiger partial charge in [-0.15, -0.1) is 0 Å². The summed E-state index contributed by atoms with van der Waals surface area (Å²) in [6, 6.07) is 5.19. The molecular formula is C28H43N3O4. The fraction of sp³-hybridized carbons (Fsp3) is 0.714. The highest BCUT2D eigenvalue weighted by Gasteiger charge is 2.54. The lowest BCUT2D eigenvalue weighted by Gasteiger charge is -2.51. The van der Waals surface area contributed by atoms with E-state index in [1.165, 1.54) is 5.56 Å². The van der Waals surface area contributed by atoms with Crippen LogP contribution in [0.15, 0.2) is 18.2 Å². The zero-order valence-electron chi connectivity index (χ0n) is 22.6. The van der Waals surface area contributed by atoms with E-state index in [-0.39, 0.29) is 47.3 Å². The minimum absolute atomic E-state index is 0.0303. The van der Waals surface area contributed by atoms with Crippen molar-refractivity contribution in [3.8, 4) is 5.75 Å². The zero-order valence-corrected chi connectivity index (χ0v) is 22.6. The smallest absolute Gasteiger partial charge is 0.245 e. The van der Waals surface area contributed by atoms with E-state index in [2.05, 4.69) is 58.1 Å². The van der Waals surface area contributed by atoms with E-state index in [9.17, 15) is 9.59 Å². The summed E-state index contributed by atoms with van der Waals surface area (Å²) >= 11 is 0. The van der Waals surface area contributed by atoms with E-state index in [0.29, 0.717) is 6.54 Å². The third-order valence-corrected chi connectivity index (χ3v) is 8.04. The molecule has 0 spiro atoms. The Labute approximate surface area is 210 Å². The molecule has 2 fully saturated rings. The second kappa shape index (κ2) is 9.07. The summed E-state index contributed by atoms with van der Waals surface area (Å²) in [5.74, 6) is 0.608. The molecule has 35 heavy (non-hydrogen) atoms. The molecule has 0 unspecified atom stereocenters. The van der Waals surface area contributed by atoms with E-state index in [4.69, 9.17) is 15.2 Å². The molecule has 3 aliphatic heterocycles. The van der Waals surface area contributed by atoms with Gasteiger partial charge in [-0.1, -0.05) is 40.7 Å². The molecule has 4 rings (SSSR count). The van der Waals surface area contributed by atoms with Crippen molar-refractivity contribution in [1.29, 1.82) is 0 Å². The maximum atomic E-state index is 13.7. The first-order chi connectivity index (χ1) is 16.2. The van der Waals surface area contributed by atoms with E-state index in [1.54, 1.807) is 6.92 Å². The van der Waals surface area contributed by atoms with Gasteiger partial charge in [0.15, 0.2) is 0 Å². The number of ether oxygens (including phenoxy) is 2. The Bertz CT molecular complexity index is 981. The van der Waals surface area contributed by atoms with Gasteiger partial charge in [-0.25, -0.2) is 0 Å². The summed E-state index contributed by atoms with van der Waals surface area (Å²) in [7, 11) is 0. The van der Waals surface area contributed by atoms with Crippen molar-refractivity contribution in [1.82, 2.24) is 10.2 Å². The number of carbonyl (C=O) groups excluding carboxylic acids is 2. The molecule has 7 nitrogen and oxygen atoms in total. The minimum Gasteiger partial charge on any atom is -0.487 e. The fourth-order valence-electron chi connectivity index (χ4n) is 5.81. The number of nitrogens with zero attached hydrogens (tertiary/aromatic N) is 1. The molecule has 3 N–H and O–H groups in total. The second-order valence-electron chi connectivity index (χ2n) is 12.6. The molecule has 7 heteroatoms. The molecule has 6 atom stereocenters. The van der Waals surface area contributed by atoms with Crippen molar-refractivity contribution in [3.05, 3.63) is 29.3 Å². The number of nitrogens with one attached hydrogen (secondary N) is 1. The summed E-state index contributed by atoms with van der Waals surface area (Å²) in [6.07, 6.45) is 1.50. The van der Waals surface area contributed by atoms with Gasteiger partial charge in [0.1, 0.15) is 17.4 Å². The maximum absolute atomic E-state index is 13.7. The van der Waals surface area contributed by atoms with Crippen LogP contribution in [0.1, 0.15) is 85.5 Å². The fourth-order valence-corrected chi connectivity index (χ4v) is 5.81. The Kier molecular flexibility index (Phi) is 6.73. The maximum Gasteiger partial charge on any atom is 0.245 e. The summed E-state index contributed by atoms with van der Waals surface area (Å²) in [6.45, 7) is 17.0. The van der Waals surface area contributed by atoms with Crippen molar-refractivity contribution in [3.63, 3.8) is 0 Å². The first-order valence-corrected chi connectivity index (χ1v) is 13.1. The summed E-state index contributed by atoms with van der Waals surface area (Å²) < 4.78 is 13.3. The molecule has 2 saturated heterocycles. The lowest BCUT2D eigenvalue weighted by Crippen LogP contribution is -2.58. The summed E-state index contributed by atoms with van der Waals surface area (Å²) in [5, 5.41) is 2.87. The first-order valence-electron chi connectivity index (χ1n) is 13.1. The first kappa shape index (κ1) is 26.0. The summed E-state index contributed by atoms with van der Waals surface area (Å²) in [5.41, 5.74) is 7.74. The Morgan fingerprint density at radius 2 is 1.89 bits per heavy atom. The molecule has 1 aromatic rings. The van der Waals surface area contributed by atoms with Crippen LogP contribution in [-0.2, 0) is 19.7 Å². The van der Waals surface area contributed by atoms with Gasteiger partial charge < -0.3 is 25.4 Å². The zero-order chi connectivity index (χ0) is 25.9. The van der Waals surface area contributed by atoms with Crippen molar-refractivity contribution in [2.75, 3.05) is 6.54 Å². The topological polar surface area (TPSA) is 93.9 Å². The van der Waals surface area contributed by atoms with E-state index in [0.717, 1.165) is 24.2 Å². The quantitative estimate of drug-likeness (QED) is 0.678. The molecule has 194 valence electrons. The largest absolute Gasteiger partial charge is 0.487 e. The van der Waals surface area contributed by atoms with Gasteiger partial charge in [-0.2, -0.15) is 0 Å². The van der Waals surface area contributed by atoms with E-state index >= 15 is 0 Å². The van der Waals surface area contributed by atoms with Gasteiger partial charge >= 0.3 is 0 Å². The molecule has 0 radical (unpaired) electrons. The minimum atomic E-state index is -0.660. The van der Waals surface area contributed by atoms with Crippen LogP contribution in [0.4, 0.5) is 0 Å². The Morgan fingerprint density at radius 1 is 1.20 bits per heavy atom. The third-order valence-electron chi connectivity index (χ3n) is 8.04. The van der Waals surface area contributed by atoms with Gasteiger partial charge in [-0.3, -0.25) is 9.59 Å². The number of benzene rings is 1. The Morgan fingerprint density at radius 3 is 2.49 bits per heavy atom. The molecule has 0 bridgehead atoms. The van der Waals surface area contributed by atoms with Gasteiger partial charge in [0.2, 0.25) is 11.8 Å². The van der Waals surface area contributed by atoms with Gasteiger partial charge in [0.25, 0.3) is 0 Å². The standard InChI is InChI=1S/C28H43N3O4/c1-15(2)23(30-25(32)16(3)29)26(33)31-12-11-22-20(31)14-19-24(34-22)18-13-17(27(4,5)6)9-10-21(18)35-28(19,7)8/h9-10,13,15-16,19-20,22-24H,11-12,14,29H2,1-8H3,(H,30,32)/t16-,19-,20-,22-,23+,24+/m1/s1. The van der Waals surface area contributed by atoms with Crippen molar-refractivity contribution in [2.45, 2.75) is 110 Å². The van der Waals surface area contributed by atoms with Crippen LogP contribution in [-0.4, -0.2) is 53.1 Å². The van der Waals surface area contributed by atoms with Crippen LogP contribution >= 0.6 is 0 Å². The number of carbonyl (C=O) groups is 2. The highest BCUT2D eigenvalue weighted by atomic mass is 16.5. The third kappa shape index (κ3) is 4.82. The molecule has 1 aromatic carbocycles. The normalized spacial score (nSPS) is 28.9. The van der Waals surface area contributed by atoms with Crippen LogP contribution < -0.4 is 15.8 Å². The number of nitrogens with two attached hydrogens (primary N) is 1. The SMILES string of the molecule is CC(C)[C@H](NC(=O)[C@@H](C)N)C(=O)N1CC[C@H]2O[C@H]3c4cc(C(C)(C)C)ccc4OC(C)(C)[C@@H]3C[C@H]21. The predicted molar refractivity (Wildman–Crippen MR) is 136 cm³/mol. The monoisotopic (exact) mass is 485 g/mol. The number of hydrogen-bond donors (Lipinski definition) is 2. The van der Waals surface area contributed by atoms with Crippen molar-refractivity contribution >= 4 is 11.8 Å². The molecule has 2 amide bonds. The highest BCUT2D eigenvalue weighted by molar-refractivity contribution is 5.90. The molecule has 3 heterocycles. The lowest BCUT2D eigenvalue weighted by molar-refractivity contribution is -0.168. The molecule has 0 aromatic heterocycles. The van der Waals surface area contributed by atoms with Crippen LogP contribution in [0.2, 0.25) is 0 Å². The van der Waals surface area contributed by atoms with Crippen molar-refractivity contribution in [2.24, 2.45) is 17.6 Å². The van der Waals surface area contributed by atoms with E-state index in [1.807, 2.05) is 18.7 Å². The van der Waals surface area contributed by atoms with Crippen molar-refractivity contribution < 1.29 is 19.1 Å². The molecular weight excluding hydrogens is 442 g/mol. The van der Waals surface area contributed by atoms with Crippen LogP contribution in [0.25, 0.3) is 0 Å². The lowest BCUT2D eigenvalue weighted by atomic mass is 9.73. The van der Waals surface area contributed by atoms with Crippen LogP contribution in [0.3, 0.4) is 0 Å². The number of likely N-dealkylation sites (tertiary alicyclic amines) is 1. The molecule has 3 aliphatic rings. The van der Waals surface area contributed by atoms with Crippen LogP contribution in [0, 0.1) is 11.8 Å².